The number of aromatic amines is 1. The average Bonchev–Trinajstić information content (AvgIpc) is 2.57. The highest BCUT2D eigenvalue weighted by Gasteiger charge is 2.09. The van der Waals surface area contributed by atoms with Crippen LogP contribution in [0.15, 0.2) is 29.3 Å². The largest absolute Gasteiger partial charge is 0.361 e. The number of hydrogen-bond acceptors (Lipinski definition) is 2. The first-order chi connectivity index (χ1) is 7.02. The third-order valence-electron chi connectivity index (χ3n) is 2.55. The summed E-state index contributed by atoms with van der Waals surface area (Å²) in [5.74, 6) is 0. The summed E-state index contributed by atoms with van der Waals surface area (Å²) in [7, 11) is -3.11. The van der Waals surface area contributed by atoms with Crippen molar-refractivity contribution in [3.05, 3.63) is 30.0 Å². The van der Waals surface area contributed by atoms with E-state index in [9.17, 15) is 8.42 Å². The highest BCUT2D eigenvalue weighted by molar-refractivity contribution is 7.90. The number of aryl methyl sites for hydroxylation is 1. The van der Waals surface area contributed by atoms with E-state index in [1.807, 2.05) is 12.3 Å². The Balaban J connectivity index is 2.73. The van der Waals surface area contributed by atoms with Crippen molar-refractivity contribution in [1.29, 1.82) is 0 Å². The molecule has 0 aliphatic carbocycles. The molecule has 3 nitrogen and oxygen atoms in total. The first-order valence-electron chi connectivity index (χ1n) is 4.82. The lowest BCUT2D eigenvalue weighted by Gasteiger charge is -1.99. The summed E-state index contributed by atoms with van der Waals surface area (Å²) in [6.07, 6.45) is 4.05. The molecule has 2 rings (SSSR count). The van der Waals surface area contributed by atoms with Crippen molar-refractivity contribution in [3.63, 3.8) is 0 Å². The molecule has 4 heteroatoms. The van der Waals surface area contributed by atoms with E-state index in [0.29, 0.717) is 4.90 Å². The van der Waals surface area contributed by atoms with Gasteiger partial charge in [-0.15, -0.1) is 0 Å². The van der Waals surface area contributed by atoms with Gasteiger partial charge in [0.15, 0.2) is 9.84 Å². The fourth-order valence-corrected chi connectivity index (χ4v) is 2.33. The first-order valence-corrected chi connectivity index (χ1v) is 6.71. The van der Waals surface area contributed by atoms with Crippen LogP contribution in [0.25, 0.3) is 10.9 Å². The van der Waals surface area contributed by atoms with Gasteiger partial charge in [-0.1, -0.05) is 6.92 Å². The normalized spacial score (nSPS) is 12.1. The van der Waals surface area contributed by atoms with Crippen molar-refractivity contribution in [2.45, 2.75) is 18.2 Å². The highest BCUT2D eigenvalue weighted by atomic mass is 32.2. The molecular formula is C11H13NO2S. The Hall–Kier alpha value is -1.29. The zero-order chi connectivity index (χ0) is 11.1. The van der Waals surface area contributed by atoms with Crippen LogP contribution >= 0.6 is 0 Å². The molecule has 1 N–H and O–H groups in total. The summed E-state index contributed by atoms with van der Waals surface area (Å²) < 4.78 is 22.8. The predicted octanol–water partition coefficient (Wildman–Crippen LogP) is 2.13. The van der Waals surface area contributed by atoms with Crippen LogP contribution in [0.4, 0.5) is 0 Å². The average molecular weight is 223 g/mol. The molecule has 0 saturated heterocycles. The van der Waals surface area contributed by atoms with Gasteiger partial charge in [-0.3, -0.25) is 0 Å². The van der Waals surface area contributed by atoms with E-state index in [-0.39, 0.29) is 0 Å². The van der Waals surface area contributed by atoms with Crippen LogP contribution in [0, 0.1) is 0 Å². The van der Waals surface area contributed by atoms with Crippen molar-refractivity contribution < 1.29 is 8.42 Å². The van der Waals surface area contributed by atoms with Gasteiger partial charge in [-0.25, -0.2) is 8.42 Å². The van der Waals surface area contributed by atoms with Crippen molar-refractivity contribution in [2.75, 3.05) is 6.26 Å². The van der Waals surface area contributed by atoms with Crippen LogP contribution in [0.2, 0.25) is 0 Å². The second-order valence-electron chi connectivity index (χ2n) is 3.65. The molecule has 0 unspecified atom stereocenters. The van der Waals surface area contributed by atoms with Crippen LogP contribution in [-0.2, 0) is 16.3 Å². The third-order valence-corrected chi connectivity index (χ3v) is 3.66. The Morgan fingerprint density at radius 1 is 1.33 bits per heavy atom. The minimum Gasteiger partial charge on any atom is -0.361 e. The van der Waals surface area contributed by atoms with Crippen molar-refractivity contribution in [3.8, 4) is 0 Å². The van der Waals surface area contributed by atoms with E-state index in [1.54, 1.807) is 12.1 Å². The standard InChI is InChI=1S/C11H13NO2S/c1-3-8-7-12-11-5-4-9(6-10(8)11)15(2,13)14/h4-7,12H,3H2,1-2H3. The fraction of sp³-hybridized carbons (Fsp3) is 0.273. The lowest BCUT2D eigenvalue weighted by Crippen LogP contribution is -1.96. The van der Waals surface area contributed by atoms with Gasteiger partial charge >= 0.3 is 0 Å². The first kappa shape index (κ1) is 10.2. The fourth-order valence-electron chi connectivity index (χ4n) is 1.68. The number of fused-ring (bicyclic) bond motifs is 1. The Labute approximate surface area is 89.0 Å². The van der Waals surface area contributed by atoms with Crippen molar-refractivity contribution in [2.24, 2.45) is 0 Å². The lowest BCUT2D eigenvalue weighted by atomic mass is 10.1. The number of rotatable bonds is 2. The zero-order valence-corrected chi connectivity index (χ0v) is 9.56. The summed E-state index contributed by atoms with van der Waals surface area (Å²) >= 11 is 0. The molecule has 0 saturated carbocycles. The van der Waals surface area contributed by atoms with Crippen LogP contribution in [0.3, 0.4) is 0 Å². The molecule has 1 aromatic carbocycles. The van der Waals surface area contributed by atoms with E-state index in [4.69, 9.17) is 0 Å². The Morgan fingerprint density at radius 3 is 2.67 bits per heavy atom. The molecule has 1 aromatic heterocycles. The summed E-state index contributed by atoms with van der Waals surface area (Å²) in [4.78, 5) is 3.50. The summed E-state index contributed by atoms with van der Waals surface area (Å²) in [5, 5.41) is 1.00. The maximum absolute atomic E-state index is 11.4. The van der Waals surface area contributed by atoms with Gasteiger partial charge < -0.3 is 4.98 Å². The second-order valence-corrected chi connectivity index (χ2v) is 5.66. The van der Waals surface area contributed by atoms with Crippen LogP contribution in [0.1, 0.15) is 12.5 Å². The monoisotopic (exact) mass is 223 g/mol. The number of hydrogen-bond donors (Lipinski definition) is 1. The smallest absolute Gasteiger partial charge is 0.175 e. The number of aromatic nitrogens is 1. The van der Waals surface area contributed by atoms with E-state index in [2.05, 4.69) is 11.9 Å². The predicted molar refractivity (Wildman–Crippen MR) is 60.8 cm³/mol. The molecule has 0 spiro atoms. The Bertz CT molecular complexity index is 596. The summed E-state index contributed by atoms with van der Waals surface area (Å²) in [6.45, 7) is 2.05. The van der Waals surface area contributed by atoms with Crippen LogP contribution in [-0.4, -0.2) is 19.7 Å². The molecule has 0 radical (unpaired) electrons. The van der Waals surface area contributed by atoms with Gasteiger partial charge in [0.05, 0.1) is 4.90 Å². The van der Waals surface area contributed by atoms with E-state index >= 15 is 0 Å². The van der Waals surface area contributed by atoms with Gasteiger partial charge in [-0.2, -0.15) is 0 Å². The number of nitrogens with one attached hydrogen (secondary N) is 1. The number of benzene rings is 1. The SMILES string of the molecule is CCc1c[nH]c2ccc(S(C)(=O)=O)cc12. The van der Waals surface area contributed by atoms with Gasteiger partial charge in [0.1, 0.15) is 0 Å². The highest BCUT2D eigenvalue weighted by Crippen LogP contribution is 2.22. The summed E-state index contributed by atoms with van der Waals surface area (Å²) in [5.41, 5.74) is 2.13. The molecule has 0 fully saturated rings. The molecule has 80 valence electrons. The summed E-state index contributed by atoms with van der Waals surface area (Å²) in [6, 6.07) is 5.18. The maximum atomic E-state index is 11.4. The van der Waals surface area contributed by atoms with E-state index in [0.717, 1.165) is 22.9 Å². The van der Waals surface area contributed by atoms with Crippen LogP contribution < -0.4 is 0 Å². The molecule has 0 aliphatic rings. The quantitative estimate of drug-likeness (QED) is 0.848. The Kier molecular flexibility index (Phi) is 2.31. The second kappa shape index (κ2) is 3.38. The zero-order valence-electron chi connectivity index (χ0n) is 8.74. The molecule has 0 atom stereocenters. The molecule has 0 bridgehead atoms. The van der Waals surface area contributed by atoms with Gasteiger partial charge in [-0.05, 0) is 30.2 Å². The van der Waals surface area contributed by atoms with Gasteiger partial charge in [0.2, 0.25) is 0 Å². The van der Waals surface area contributed by atoms with E-state index in [1.165, 1.54) is 6.26 Å². The number of H-pyrrole nitrogens is 1. The Morgan fingerprint density at radius 2 is 2.07 bits per heavy atom. The van der Waals surface area contributed by atoms with E-state index < -0.39 is 9.84 Å². The molecule has 15 heavy (non-hydrogen) atoms. The molecular weight excluding hydrogens is 210 g/mol. The molecule has 0 amide bonds. The van der Waals surface area contributed by atoms with Crippen LogP contribution in [0.5, 0.6) is 0 Å². The van der Waals surface area contributed by atoms with Crippen molar-refractivity contribution in [1.82, 2.24) is 4.98 Å². The topological polar surface area (TPSA) is 49.9 Å². The molecule has 2 aromatic rings. The number of sulfone groups is 1. The van der Waals surface area contributed by atoms with Gasteiger partial charge in [0.25, 0.3) is 0 Å². The third kappa shape index (κ3) is 1.77. The minimum absolute atomic E-state index is 0.379. The van der Waals surface area contributed by atoms with Crippen molar-refractivity contribution >= 4 is 20.7 Å². The molecule has 1 heterocycles. The maximum Gasteiger partial charge on any atom is 0.175 e. The minimum atomic E-state index is -3.11. The lowest BCUT2D eigenvalue weighted by molar-refractivity contribution is 0.602. The van der Waals surface area contributed by atoms with Gasteiger partial charge in [0, 0.05) is 23.4 Å². The molecule has 0 aliphatic heterocycles.